The number of halogens is 1. The maximum atomic E-state index is 14.4. The summed E-state index contributed by atoms with van der Waals surface area (Å²) in [5.74, 6) is -2.19. The molecule has 10 heteroatoms. The first-order chi connectivity index (χ1) is 11.4. The Balaban J connectivity index is 1.77. The zero-order valence-electron chi connectivity index (χ0n) is 12.9. The van der Waals surface area contributed by atoms with E-state index in [2.05, 4.69) is 10.6 Å². The monoisotopic (exact) mass is 358 g/mol. The second-order valence-corrected chi connectivity index (χ2v) is 7.50. The predicted octanol–water partition coefficient (Wildman–Crippen LogP) is -0.446. The van der Waals surface area contributed by atoms with E-state index in [0.717, 1.165) is 32.0 Å². The van der Waals surface area contributed by atoms with Crippen LogP contribution in [0, 0.1) is 5.82 Å². The molecule has 1 unspecified atom stereocenters. The lowest BCUT2D eigenvalue weighted by Gasteiger charge is -2.24. The Morgan fingerprint density at radius 1 is 1.42 bits per heavy atom. The summed E-state index contributed by atoms with van der Waals surface area (Å²) in [6, 6.07) is 2.74. The lowest BCUT2D eigenvalue weighted by Crippen LogP contribution is -2.42. The largest absolute Gasteiger partial charge is 0.506 e. The highest BCUT2D eigenvalue weighted by Crippen LogP contribution is 2.34. The highest BCUT2D eigenvalue weighted by molar-refractivity contribution is 7.92. The summed E-state index contributed by atoms with van der Waals surface area (Å²) >= 11 is 0. The van der Waals surface area contributed by atoms with Crippen molar-refractivity contribution in [2.24, 2.45) is 0 Å². The molecule has 2 saturated heterocycles. The molecular weight excluding hydrogens is 339 g/mol. The van der Waals surface area contributed by atoms with Gasteiger partial charge in [0, 0.05) is 19.1 Å². The SMILES string of the molecule is O=C1CN(c2c(O)cc(CNC3CCCNC3)cc2F)S(=O)(=O)N1. The number of phenolic OH excluding ortho intramolecular Hbond substituents is 1. The Labute approximate surface area is 139 Å². The van der Waals surface area contributed by atoms with Gasteiger partial charge < -0.3 is 15.7 Å². The molecule has 2 heterocycles. The third-order valence-electron chi connectivity index (χ3n) is 4.06. The normalized spacial score (nSPS) is 23.3. The second kappa shape index (κ2) is 6.54. The van der Waals surface area contributed by atoms with Crippen molar-refractivity contribution < 1.29 is 22.7 Å². The van der Waals surface area contributed by atoms with Crippen molar-refractivity contribution >= 4 is 21.8 Å². The molecule has 0 bridgehead atoms. The summed E-state index contributed by atoms with van der Waals surface area (Å²) in [5, 5.41) is 16.6. The van der Waals surface area contributed by atoms with E-state index >= 15 is 0 Å². The molecule has 3 rings (SSSR count). The number of phenols is 1. The Hall–Kier alpha value is -1.91. The van der Waals surface area contributed by atoms with Gasteiger partial charge in [-0.25, -0.2) is 13.4 Å². The summed E-state index contributed by atoms with van der Waals surface area (Å²) in [4.78, 5) is 11.3. The zero-order valence-corrected chi connectivity index (χ0v) is 13.7. The van der Waals surface area contributed by atoms with E-state index in [4.69, 9.17) is 0 Å². The quantitative estimate of drug-likeness (QED) is 0.580. The Morgan fingerprint density at radius 2 is 2.21 bits per heavy atom. The standard InChI is InChI=1S/C14H19FN4O4S/c15-11-4-9(6-17-10-2-1-3-16-7-10)5-12(20)14(11)19-8-13(21)18-24(19,22)23/h4-5,10,16-17,20H,1-3,6-8H2,(H,18,21). The predicted molar refractivity (Wildman–Crippen MR) is 85.2 cm³/mol. The number of anilines is 1. The Kier molecular flexibility index (Phi) is 4.61. The molecule has 2 fully saturated rings. The molecular formula is C14H19FN4O4S. The van der Waals surface area contributed by atoms with E-state index in [9.17, 15) is 22.7 Å². The van der Waals surface area contributed by atoms with E-state index in [1.807, 2.05) is 0 Å². The smallest absolute Gasteiger partial charge is 0.326 e. The van der Waals surface area contributed by atoms with Crippen molar-refractivity contribution in [3.05, 3.63) is 23.5 Å². The van der Waals surface area contributed by atoms with Crippen LogP contribution in [-0.4, -0.2) is 45.1 Å². The molecule has 1 atom stereocenters. The molecule has 0 saturated carbocycles. The van der Waals surface area contributed by atoms with Crippen molar-refractivity contribution in [1.82, 2.24) is 15.4 Å². The number of aromatic hydroxyl groups is 1. The topological polar surface area (TPSA) is 111 Å². The van der Waals surface area contributed by atoms with Crippen LogP contribution in [0.5, 0.6) is 5.75 Å². The van der Waals surface area contributed by atoms with Gasteiger partial charge >= 0.3 is 10.2 Å². The van der Waals surface area contributed by atoms with Crippen LogP contribution in [0.25, 0.3) is 0 Å². The van der Waals surface area contributed by atoms with Gasteiger partial charge in [-0.3, -0.25) is 4.79 Å². The highest BCUT2D eigenvalue weighted by atomic mass is 32.2. The van der Waals surface area contributed by atoms with E-state index in [1.54, 1.807) is 4.72 Å². The zero-order chi connectivity index (χ0) is 17.3. The Bertz CT molecular complexity index is 726. The van der Waals surface area contributed by atoms with Crippen molar-refractivity contribution in [2.45, 2.75) is 25.4 Å². The number of carbonyl (C=O) groups is 1. The van der Waals surface area contributed by atoms with Crippen LogP contribution in [0.2, 0.25) is 0 Å². The van der Waals surface area contributed by atoms with Crippen LogP contribution in [0.3, 0.4) is 0 Å². The van der Waals surface area contributed by atoms with E-state index in [1.165, 1.54) is 6.07 Å². The average Bonchev–Trinajstić information content (AvgIpc) is 2.78. The average molecular weight is 358 g/mol. The van der Waals surface area contributed by atoms with Gasteiger partial charge in [-0.15, -0.1) is 0 Å². The van der Waals surface area contributed by atoms with Crippen molar-refractivity contribution in [3.8, 4) is 5.75 Å². The first-order valence-electron chi connectivity index (χ1n) is 7.65. The maximum Gasteiger partial charge on any atom is 0.326 e. The van der Waals surface area contributed by atoms with Gasteiger partial charge in [-0.1, -0.05) is 0 Å². The highest BCUT2D eigenvalue weighted by Gasteiger charge is 2.37. The fourth-order valence-corrected chi connectivity index (χ4v) is 4.09. The third-order valence-corrected chi connectivity index (χ3v) is 5.44. The number of amides is 1. The summed E-state index contributed by atoms with van der Waals surface area (Å²) < 4.78 is 40.2. The first kappa shape index (κ1) is 16.9. The van der Waals surface area contributed by atoms with Crippen molar-refractivity contribution in [3.63, 3.8) is 0 Å². The van der Waals surface area contributed by atoms with Crippen LogP contribution in [0.4, 0.5) is 10.1 Å². The van der Waals surface area contributed by atoms with E-state index in [-0.39, 0.29) is 6.04 Å². The van der Waals surface area contributed by atoms with E-state index in [0.29, 0.717) is 16.4 Å². The van der Waals surface area contributed by atoms with Gasteiger partial charge in [0.25, 0.3) is 5.91 Å². The molecule has 0 aliphatic carbocycles. The number of carbonyl (C=O) groups excluding carboxylic acids is 1. The molecule has 4 N–H and O–H groups in total. The number of benzene rings is 1. The minimum atomic E-state index is -4.17. The number of hydrogen-bond acceptors (Lipinski definition) is 6. The van der Waals surface area contributed by atoms with Crippen LogP contribution >= 0.6 is 0 Å². The van der Waals surface area contributed by atoms with Crippen LogP contribution in [-0.2, 0) is 21.5 Å². The number of rotatable bonds is 4. The number of hydrogen-bond donors (Lipinski definition) is 4. The lowest BCUT2D eigenvalue weighted by molar-refractivity contribution is -0.117. The molecule has 1 amide bonds. The molecule has 1 aromatic carbocycles. The molecule has 0 aromatic heterocycles. The number of piperidine rings is 1. The number of nitrogens with one attached hydrogen (secondary N) is 3. The van der Waals surface area contributed by atoms with Crippen molar-refractivity contribution in [1.29, 1.82) is 0 Å². The first-order valence-corrected chi connectivity index (χ1v) is 9.09. The van der Waals surface area contributed by atoms with Gasteiger partial charge in [0.05, 0.1) is 0 Å². The lowest BCUT2D eigenvalue weighted by atomic mass is 10.1. The summed E-state index contributed by atoms with van der Waals surface area (Å²) in [5.41, 5.74) is -0.0216. The molecule has 132 valence electrons. The summed E-state index contributed by atoms with van der Waals surface area (Å²) in [7, 11) is -4.17. The van der Waals surface area contributed by atoms with Crippen LogP contribution in [0.1, 0.15) is 18.4 Å². The van der Waals surface area contributed by atoms with Gasteiger partial charge in [0.15, 0.2) is 5.82 Å². The molecule has 2 aliphatic heterocycles. The van der Waals surface area contributed by atoms with Crippen molar-refractivity contribution in [2.75, 3.05) is 23.9 Å². The van der Waals surface area contributed by atoms with Gasteiger partial charge in [-0.05, 0) is 37.1 Å². The van der Waals surface area contributed by atoms with Gasteiger partial charge in [0.2, 0.25) is 0 Å². The maximum absolute atomic E-state index is 14.4. The summed E-state index contributed by atoms with van der Waals surface area (Å²) in [6.07, 6.45) is 2.07. The molecule has 24 heavy (non-hydrogen) atoms. The fraction of sp³-hybridized carbons (Fsp3) is 0.500. The molecule has 1 aromatic rings. The molecule has 2 aliphatic rings. The molecule has 8 nitrogen and oxygen atoms in total. The van der Waals surface area contributed by atoms with Gasteiger partial charge in [-0.2, -0.15) is 8.42 Å². The number of nitrogens with zero attached hydrogens (tertiary/aromatic N) is 1. The van der Waals surface area contributed by atoms with Gasteiger partial charge in [0.1, 0.15) is 18.0 Å². The minimum Gasteiger partial charge on any atom is -0.506 e. The molecule has 0 spiro atoms. The fourth-order valence-electron chi connectivity index (χ4n) is 2.92. The summed E-state index contributed by atoms with van der Waals surface area (Å²) in [6.45, 7) is 1.60. The second-order valence-electron chi connectivity index (χ2n) is 5.91. The van der Waals surface area contributed by atoms with Crippen LogP contribution < -0.4 is 19.7 Å². The Morgan fingerprint density at radius 3 is 2.79 bits per heavy atom. The minimum absolute atomic E-state index is 0.268. The van der Waals surface area contributed by atoms with Crippen LogP contribution in [0.15, 0.2) is 12.1 Å². The molecule has 0 radical (unpaired) electrons. The van der Waals surface area contributed by atoms with E-state index < -0.39 is 39.9 Å². The third kappa shape index (κ3) is 3.45.